The van der Waals surface area contributed by atoms with Gasteiger partial charge in [-0.05, 0) is 54.8 Å². The number of hydrogen-bond acceptors (Lipinski definition) is 2. The van der Waals surface area contributed by atoms with Gasteiger partial charge < -0.3 is 10.1 Å². The number of nitrogens with one attached hydrogen (secondary N) is 1. The van der Waals surface area contributed by atoms with E-state index in [1.54, 1.807) is 7.11 Å². The summed E-state index contributed by atoms with van der Waals surface area (Å²) >= 11 is 3.61. The van der Waals surface area contributed by atoms with E-state index in [1.807, 2.05) is 12.1 Å². The van der Waals surface area contributed by atoms with E-state index in [-0.39, 0.29) is 0 Å². The Labute approximate surface area is 129 Å². The summed E-state index contributed by atoms with van der Waals surface area (Å²) in [5.41, 5.74) is 3.89. The van der Waals surface area contributed by atoms with Crippen molar-refractivity contribution in [2.75, 3.05) is 13.7 Å². The van der Waals surface area contributed by atoms with E-state index in [0.29, 0.717) is 0 Å². The summed E-state index contributed by atoms with van der Waals surface area (Å²) in [7, 11) is 1.69. The molecular formula is C17H20BrNO. The molecule has 0 aliphatic rings. The van der Waals surface area contributed by atoms with Crippen molar-refractivity contribution in [3.05, 3.63) is 63.6 Å². The predicted octanol–water partition coefficient (Wildman–Crippen LogP) is 4.10. The molecule has 0 spiro atoms. The van der Waals surface area contributed by atoms with Crippen molar-refractivity contribution in [1.29, 1.82) is 0 Å². The molecule has 2 nitrogen and oxygen atoms in total. The second-order valence-corrected chi connectivity index (χ2v) is 5.72. The van der Waals surface area contributed by atoms with E-state index < -0.39 is 0 Å². The minimum absolute atomic E-state index is 0.886. The Balaban J connectivity index is 1.78. The lowest BCUT2D eigenvalue weighted by Crippen LogP contribution is -2.17. The average molecular weight is 334 g/mol. The van der Waals surface area contributed by atoms with Crippen LogP contribution in [0.1, 0.15) is 16.7 Å². The highest BCUT2D eigenvalue weighted by Crippen LogP contribution is 2.18. The molecule has 20 heavy (non-hydrogen) atoms. The number of benzene rings is 2. The Hall–Kier alpha value is -1.32. The summed E-state index contributed by atoms with van der Waals surface area (Å²) in [6.07, 6.45) is 1.02. The van der Waals surface area contributed by atoms with Crippen molar-refractivity contribution in [2.45, 2.75) is 19.9 Å². The van der Waals surface area contributed by atoms with Crippen LogP contribution in [0, 0.1) is 6.92 Å². The van der Waals surface area contributed by atoms with Crippen LogP contribution in [0.2, 0.25) is 0 Å². The average Bonchev–Trinajstić information content (AvgIpc) is 2.46. The number of rotatable bonds is 6. The first-order valence-corrected chi connectivity index (χ1v) is 7.57. The molecule has 106 valence electrons. The second kappa shape index (κ2) is 7.46. The SMILES string of the molecule is COc1ccc(CCNCc2ccc(C)cc2Br)cc1. The third-order valence-corrected chi connectivity index (χ3v) is 4.01. The van der Waals surface area contributed by atoms with Crippen LogP contribution in [0.5, 0.6) is 5.75 Å². The summed E-state index contributed by atoms with van der Waals surface area (Å²) in [6, 6.07) is 14.7. The second-order valence-electron chi connectivity index (χ2n) is 4.87. The summed E-state index contributed by atoms with van der Waals surface area (Å²) in [5.74, 6) is 0.908. The van der Waals surface area contributed by atoms with Gasteiger partial charge in [-0.3, -0.25) is 0 Å². The van der Waals surface area contributed by atoms with Crippen molar-refractivity contribution in [3.8, 4) is 5.75 Å². The number of hydrogen-bond donors (Lipinski definition) is 1. The lowest BCUT2D eigenvalue weighted by molar-refractivity contribution is 0.414. The van der Waals surface area contributed by atoms with Crippen LogP contribution >= 0.6 is 15.9 Å². The van der Waals surface area contributed by atoms with Crippen molar-refractivity contribution in [3.63, 3.8) is 0 Å². The molecule has 0 aliphatic heterocycles. The molecule has 0 atom stereocenters. The van der Waals surface area contributed by atoms with Gasteiger partial charge in [0, 0.05) is 11.0 Å². The van der Waals surface area contributed by atoms with Crippen molar-refractivity contribution < 1.29 is 4.74 Å². The van der Waals surface area contributed by atoms with Gasteiger partial charge in [0.15, 0.2) is 0 Å². The molecule has 2 rings (SSSR count). The van der Waals surface area contributed by atoms with Gasteiger partial charge in [-0.1, -0.05) is 40.2 Å². The number of aryl methyl sites for hydroxylation is 1. The molecule has 3 heteroatoms. The van der Waals surface area contributed by atoms with E-state index in [2.05, 4.69) is 58.5 Å². The smallest absolute Gasteiger partial charge is 0.118 e. The Morgan fingerprint density at radius 3 is 2.50 bits per heavy atom. The predicted molar refractivity (Wildman–Crippen MR) is 87.3 cm³/mol. The number of ether oxygens (including phenoxy) is 1. The van der Waals surface area contributed by atoms with Crippen molar-refractivity contribution >= 4 is 15.9 Å². The van der Waals surface area contributed by atoms with Gasteiger partial charge in [-0.15, -0.1) is 0 Å². The largest absolute Gasteiger partial charge is 0.497 e. The Morgan fingerprint density at radius 1 is 1.10 bits per heavy atom. The standard InChI is InChI=1S/C17H20BrNO/c1-13-3-6-15(17(18)11-13)12-19-10-9-14-4-7-16(20-2)8-5-14/h3-8,11,19H,9-10,12H2,1-2H3. The molecule has 2 aromatic rings. The zero-order valence-corrected chi connectivity index (χ0v) is 13.5. The minimum atomic E-state index is 0.886. The van der Waals surface area contributed by atoms with E-state index in [1.165, 1.54) is 21.2 Å². The van der Waals surface area contributed by atoms with Gasteiger partial charge >= 0.3 is 0 Å². The molecule has 0 aliphatic carbocycles. The highest BCUT2D eigenvalue weighted by Gasteiger charge is 2.00. The molecule has 0 amide bonds. The monoisotopic (exact) mass is 333 g/mol. The molecule has 0 saturated carbocycles. The molecular weight excluding hydrogens is 314 g/mol. The lowest BCUT2D eigenvalue weighted by atomic mass is 10.1. The molecule has 0 radical (unpaired) electrons. The Morgan fingerprint density at radius 2 is 1.85 bits per heavy atom. The molecule has 0 fully saturated rings. The zero-order chi connectivity index (χ0) is 14.4. The summed E-state index contributed by atoms with van der Waals surface area (Å²) < 4.78 is 6.33. The van der Waals surface area contributed by atoms with Crippen LogP contribution in [-0.2, 0) is 13.0 Å². The topological polar surface area (TPSA) is 21.3 Å². The molecule has 0 aromatic heterocycles. The van der Waals surface area contributed by atoms with Gasteiger partial charge in [-0.25, -0.2) is 0 Å². The third-order valence-electron chi connectivity index (χ3n) is 3.27. The fraction of sp³-hybridized carbons (Fsp3) is 0.294. The Bertz CT molecular complexity index is 551. The van der Waals surface area contributed by atoms with Gasteiger partial charge in [0.2, 0.25) is 0 Å². The maximum atomic E-state index is 5.15. The van der Waals surface area contributed by atoms with Crippen molar-refractivity contribution in [1.82, 2.24) is 5.32 Å². The summed E-state index contributed by atoms with van der Waals surface area (Å²) in [5, 5.41) is 3.48. The van der Waals surface area contributed by atoms with Crippen LogP contribution in [0.25, 0.3) is 0 Å². The summed E-state index contributed by atoms with van der Waals surface area (Å²) in [6.45, 7) is 3.95. The first-order chi connectivity index (χ1) is 9.69. The fourth-order valence-corrected chi connectivity index (χ4v) is 2.68. The zero-order valence-electron chi connectivity index (χ0n) is 11.9. The first kappa shape index (κ1) is 15.1. The van der Waals surface area contributed by atoms with E-state index >= 15 is 0 Å². The van der Waals surface area contributed by atoms with Crippen molar-refractivity contribution in [2.24, 2.45) is 0 Å². The van der Waals surface area contributed by atoms with Crippen LogP contribution in [0.3, 0.4) is 0 Å². The van der Waals surface area contributed by atoms with E-state index in [4.69, 9.17) is 4.74 Å². The van der Waals surface area contributed by atoms with E-state index in [9.17, 15) is 0 Å². The molecule has 0 saturated heterocycles. The first-order valence-electron chi connectivity index (χ1n) is 6.77. The molecule has 0 bridgehead atoms. The molecule has 1 N–H and O–H groups in total. The summed E-state index contributed by atoms with van der Waals surface area (Å²) in [4.78, 5) is 0. The van der Waals surface area contributed by atoms with Crippen LogP contribution in [0.15, 0.2) is 46.9 Å². The van der Waals surface area contributed by atoms with Crippen LogP contribution in [-0.4, -0.2) is 13.7 Å². The van der Waals surface area contributed by atoms with Crippen LogP contribution in [0.4, 0.5) is 0 Å². The molecule has 0 unspecified atom stereocenters. The Kier molecular flexibility index (Phi) is 5.62. The van der Waals surface area contributed by atoms with Gasteiger partial charge in [0.1, 0.15) is 5.75 Å². The van der Waals surface area contributed by atoms with Gasteiger partial charge in [0.05, 0.1) is 7.11 Å². The normalized spacial score (nSPS) is 10.6. The third kappa shape index (κ3) is 4.36. The van der Waals surface area contributed by atoms with E-state index in [0.717, 1.165) is 25.3 Å². The molecule has 2 aromatic carbocycles. The number of methoxy groups -OCH3 is 1. The lowest BCUT2D eigenvalue weighted by Gasteiger charge is -2.08. The quantitative estimate of drug-likeness (QED) is 0.803. The highest BCUT2D eigenvalue weighted by atomic mass is 79.9. The maximum Gasteiger partial charge on any atom is 0.118 e. The number of halogens is 1. The van der Waals surface area contributed by atoms with Crippen LogP contribution < -0.4 is 10.1 Å². The fourth-order valence-electron chi connectivity index (χ4n) is 2.04. The highest BCUT2D eigenvalue weighted by molar-refractivity contribution is 9.10. The molecule has 0 heterocycles. The minimum Gasteiger partial charge on any atom is -0.497 e. The van der Waals surface area contributed by atoms with Gasteiger partial charge in [0.25, 0.3) is 0 Å². The maximum absolute atomic E-state index is 5.15. The van der Waals surface area contributed by atoms with Gasteiger partial charge in [-0.2, -0.15) is 0 Å².